The maximum atomic E-state index is 12.4. The predicted octanol–water partition coefficient (Wildman–Crippen LogP) is 3.53. The summed E-state index contributed by atoms with van der Waals surface area (Å²) < 4.78 is 4.63. The van der Waals surface area contributed by atoms with Crippen LogP contribution in [0.4, 0.5) is 10.7 Å². The topological polar surface area (TPSA) is 122 Å². The van der Waals surface area contributed by atoms with Gasteiger partial charge >= 0.3 is 5.97 Å². The van der Waals surface area contributed by atoms with Crippen molar-refractivity contribution in [2.45, 2.75) is 6.92 Å². The lowest BCUT2D eigenvalue weighted by atomic mass is 10.1. The third-order valence-corrected chi connectivity index (χ3v) is 4.68. The normalized spacial score (nSPS) is 10.0. The molecule has 1 heterocycles. The van der Waals surface area contributed by atoms with Crippen LogP contribution in [0.3, 0.4) is 0 Å². The fourth-order valence-electron chi connectivity index (χ4n) is 2.04. The molecule has 0 fully saturated rings. The van der Waals surface area contributed by atoms with Crippen LogP contribution in [0.25, 0.3) is 0 Å². The van der Waals surface area contributed by atoms with Gasteiger partial charge in [-0.3, -0.25) is 14.9 Å². The molecule has 0 unspecified atom stereocenters. The Kier molecular flexibility index (Phi) is 5.36. The molecule has 0 aliphatic rings. The molecule has 0 spiro atoms. The van der Waals surface area contributed by atoms with Gasteiger partial charge in [0.15, 0.2) is 0 Å². The standard InChI is InChI=1S/C15H10ClN3O5S/c1-7-10(6-17)14(25-12(7)15(21)24-2)18-13(20)9-4-3-8(16)5-11(9)19(22)23/h3-5H,1-2H3,(H,18,20). The zero-order chi connectivity index (χ0) is 18.7. The third kappa shape index (κ3) is 3.60. The van der Waals surface area contributed by atoms with E-state index in [1.54, 1.807) is 6.92 Å². The van der Waals surface area contributed by atoms with E-state index in [0.29, 0.717) is 5.56 Å². The molecule has 8 nitrogen and oxygen atoms in total. The molecule has 0 radical (unpaired) electrons. The molecule has 128 valence electrons. The number of amides is 1. The Morgan fingerprint density at radius 3 is 2.68 bits per heavy atom. The van der Waals surface area contributed by atoms with E-state index in [1.807, 2.05) is 6.07 Å². The fraction of sp³-hybridized carbons (Fsp3) is 0.133. The van der Waals surface area contributed by atoms with E-state index < -0.39 is 22.5 Å². The second-order valence-corrected chi connectivity index (χ2v) is 6.19. The molecule has 1 N–H and O–H groups in total. The second kappa shape index (κ2) is 7.29. The zero-order valence-corrected chi connectivity index (χ0v) is 14.5. The largest absolute Gasteiger partial charge is 0.465 e. The summed E-state index contributed by atoms with van der Waals surface area (Å²) in [6.07, 6.45) is 0. The minimum atomic E-state index is -0.794. The lowest BCUT2D eigenvalue weighted by Crippen LogP contribution is -2.13. The maximum absolute atomic E-state index is 12.4. The van der Waals surface area contributed by atoms with Crippen LogP contribution in [0.15, 0.2) is 18.2 Å². The summed E-state index contributed by atoms with van der Waals surface area (Å²) in [7, 11) is 1.20. The van der Waals surface area contributed by atoms with Crippen molar-refractivity contribution in [2.24, 2.45) is 0 Å². The zero-order valence-electron chi connectivity index (χ0n) is 13.0. The number of halogens is 1. The number of nitro groups is 1. The first-order valence-corrected chi connectivity index (χ1v) is 7.86. The van der Waals surface area contributed by atoms with E-state index in [1.165, 1.54) is 19.2 Å². The van der Waals surface area contributed by atoms with E-state index in [2.05, 4.69) is 10.1 Å². The van der Waals surface area contributed by atoms with Gasteiger partial charge in [-0.15, -0.1) is 11.3 Å². The Labute approximate surface area is 150 Å². The van der Waals surface area contributed by atoms with Crippen molar-refractivity contribution >= 4 is 45.5 Å². The molecular weight excluding hydrogens is 370 g/mol. The number of benzene rings is 1. The number of thiophene rings is 1. The van der Waals surface area contributed by atoms with Gasteiger partial charge in [0.2, 0.25) is 0 Å². The number of hydrogen-bond donors (Lipinski definition) is 1. The Bertz CT molecular complexity index is 932. The first-order chi connectivity index (χ1) is 11.8. The Balaban J connectivity index is 2.44. The van der Waals surface area contributed by atoms with Crippen molar-refractivity contribution in [2.75, 3.05) is 12.4 Å². The molecule has 0 saturated carbocycles. The maximum Gasteiger partial charge on any atom is 0.348 e. The summed E-state index contributed by atoms with van der Waals surface area (Å²) in [6.45, 7) is 1.54. The minimum absolute atomic E-state index is 0.0929. The SMILES string of the molecule is COC(=O)c1sc(NC(=O)c2ccc(Cl)cc2[N+](=O)[O-])c(C#N)c1C. The third-order valence-electron chi connectivity index (χ3n) is 3.26. The van der Waals surface area contributed by atoms with Gasteiger partial charge in [0.25, 0.3) is 11.6 Å². The number of nitriles is 1. The van der Waals surface area contributed by atoms with Crippen LogP contribution in [0, 0.1) is 28.4 Å². The highest BCUT2D eigenvalue weighted by atomic mass is 35.5. The Morgan fingerprint density at radius 1 is 1.44 bits per heavy atom. The Morgan fingerprint density at radius 2 is 2.12 bits per heavy atom. The quantitative estimate of drug-likeness (QED) is 0.492. The number of nitro benzene ring substituents is 1. The van der Waals surface area contributed by atoms with E-state index in [4.69, 9.17) is 11.6 Å². The van der Waals surface area contributed by atoms with Gasteiger partial charge < -0.3 is 10.1 Å². The number of rotatable bonds is 4. The van der Waals surface area contributed by atoms with Crippen LogP contribution in [0.5, 0.6) is 0 Å². The molecule has 25 heavy (non-hydrogen) atoms. The average molecular weight is 380 g/mol. The van der Waals surface area contributed by atoms with Crippen molar-refractivity contribution in [3.05, 3.63) is 54.9 Å². The van der Waals surface area contributed by atoms with Gasteiger partial charge in [-0.05, 0) is 24.6 Å². The van der Waals surface area contributed by atoms with Gasteiger partial charge in [0.1, 0.15) is 21.5 Å². The molecule has 10 heteroatoms. The van der Waals surface area contributed by atoms with E-state index in [-0.39, 0.29) is 26.0 Å². The average Bonchev–Trinajstić information content (AvgIpc) is 2.89. The van der Waals surface area contributed by atoms with E-state index in [9.17, 15) is 25.0 Å². The van der Waals surface area contributed by atoms with Gasteiger partial charge in [0, 0.05) is 11.1 Å². The molecule has 1 aromatic heterocycles. The molecular formula is C15H10ClN3O5S. The number of hydrogen-bond acceptors (Lipinski definition) is 7. The molecule has 0 bridgehead atoms. The molecule has 0 aliphatic carbocycles. The van der Waals surface area contributed by atoms with Crippen LogP contribution >= 0.6 is 22.9 Å². The van der Waals surface area contributed by atoms with Gasteiger partial charge in [-0.2, -0.15) is 5.26 Å². The second-order valence-electron chi connectivity index (χ2n) is 4.74. The predicted molar refractivity (Wildman–Crippen MR) is 91.2 cm³/mol. The fourth-order valence-corrected chi connectivity index (χ4v) is 3.28. The van der Waals surface area contributed by atoms with Crippen molar-refractivity contribution in [1.82, 2.24) is 0 Å². The van der Waals surface area contributed by atoms with Gasteiger partial charge in [-0.25, -0.2) is 4.79 Å². The highest BCUT2D eigenvalue weighted by Gasteiger charge is 2.25. The van der Waals surface area contributed by atoms with Crippen LogP contribution in [0.1, 0.15) is 31.2 Å². The number of nitrogens with zero attached hydrogens (tertiary/aromatic N) is 2. The van der Waals surface area contributed by atoms with Crippen LogP contribution in [0.2, 0.25) is 5.02 Å². The summed E-state index contributed by atoms with van der Waals surface area (Å²) in [5, 5.41) is 23.0. The smallest absolute Gasteiger partial charge is 0.348 e. The van der Waals surface area contributed by atoms with Crippen molar-refractivity contribution in [1.29, 1.82) is 5.26 Å². The molecule has 0 aliphatic heterocycles. The summed E-state index contributed by atoms with van der Waals surface area (Å²) >= 11 is 6.58. The molecule has 0 saturated heterocycles. The monoisotopic (exact) mass is 379 g/mol. The molecule has 0 atom stereocenters. The number of carbonyl (C=O) groups excluding carboxylic acids is 2. The summed E-state index contributed by atoms with van der Waals surface area (Å²) in [6, 6.07) is 5.51. The van der Waals surface area contributed by atoms with Gasteiger partial charge in [-0.1, -0.05) is 11.6 Å². The highest BCUT2D eigenvalue weighted by molar-refractivity contribution is 7.18. The van der Waals surface area contributed by atoms with Gasteiger partial charge in [0.05, 0.1) is 17.6 Å². The van der Waals surface area contributed by atoms with E-state index in [0.717, 1.165) is 17.4 Å². The summed E-state index contributed by atoms with van der Waals surface area (Å²) in [5.41, 5.74) is -0.232. The number of carbonyl (C=O) groups is 2. The van der Waals surface area contributed by atoms with E-state index >= 15 is 0 Å². The van der Waals surface area contributed by atoms with Crippen molar-refractivity contribution < 1.29 is 19.2 Å². The number of methoxy groups -OCH3 is 1. The summed E-state index contributed by atoms with van der Waals surface area (Å²) in [5.74, 6) is -1.44. The Hall–Kier alpha value is -2.96. The molecule has 2 rings (SSSR count). The van der Waals surface area contributed by atoms with Crippen LogP contribution in [-0.4, -0.2) is 23.9 Å². The molecule has 2 aromatic rings. The number of esters is 1. The van der Waals surface area contributed by atoms with Crippen molar-refractivity contribution in [3.8, 4) is 6.07 Å². The lowest BCUT2D eigenvalue weighted by molar-refractivity contribution is -0.385. The first kappa shape index (κ1) is 18.4. The molecule has 1 amide bonds. The molecule has 1 aromatic carbocycles. The summed E-state index contributed by atoms with van der Waals surface area (Å²) in [4.78, 5) is 34.6. The number of anilines is 1. The number of ether oxygens (including phenoxy) is 1. The first-order valence-electron chi connectivity index (χ1n) is 6.67. The van der Waals surface area contributed by atoms with Crippen LogP contribution < -0.4 is 5.32 Å². The number of nitrogens with one attached hydrogen (secondary N) is 1. The van der Waals surface area contributed by atoms with Crippen LogP contribution in [-0.2, 0) is 4.74 Å². The lowest BCUT2D eigenvalue weighted by Gasteiger charge is -2.05. The highest BCUT2D eigenvalue weighted by Crippen LogP contribution is 2.34. The van der Waals surface area contributed by atoms with Crippen molar-refractivity contribution in [3.63, 3.8) is 0 Å². The minimum Gasteiger partial charge on any atom is -0.465 e.